The molecule has 2 aromatic carbocycles. The van der Waals surface area contributed by atoms with Gasteiger partial charge in [0.1, 0.15) is 17.4 Å². The number of carbonyl (C=O) groups excluding carboxylic acids is 1. The van der Waals surface area contributed by atoms with Crippen LogP contribution in [0, 0.1) is 17.1 Å². The molecule has 0 radical (unpaired) electrons. The monoisotopic (exact) mass is 449 g/mol. The van der Waals surface area contributed by atoms with Gasteiger partial charge in [-0.1, -0.05) is 0 Å². The second-order valence-electron chi connectivity index (χ2n) is 7.74. The van der Waals surface area contributed by atoms with Crippen molar-refractivity contribution >= 4 is 11.5 Å². The number of hydrogen-bond acceptors (Lipinski definition) is 7. The third-order valence-corrected chi connectivity index (χ3v) is 6.05. The van der Waals surface area contributed by atoms with Crippen molar-refractivity contribution < 1.29 is 23.4 Å². The summed E-state index contributed by atoms with van der Waals surface area (Å²) in [6, 6.07) is 11.4. The van der Waals surface area contributed by atoms with Gasteiger partial charge in [-0.15, -0.1) is 0 Å². The third kappa shape index (κ3) is 3.65. The molecule has 4 rings (SSSR count). The SMILES string of the molecule is COc1cc(OC)c([C@@H]2C(C#N)=C(N)N(c3ccc(F)cc3)C3=C2C(=O)CCC3)cc1OC. The minimum Gasteiger partial charge on any atom is -0.496 e. The van der Waals surface area contributed by atoms with E-state index in [0.29, 0.717) is 59.0 Å². The summed E-state index contributed by atoms with van der Waals surface area (Å²) in [7, 11) is 4.54. The molecular formula is C25H24FN3O4. The first-order valence-electron chi connectivity index (χ1n) is 10.5. The van der Waals surface area contributed by atoms with Gasteiger partial charge in [-0.3, -0.25) is 9.69 Å². The first kappa shape index (κ1) is 22.2. The highest BCUT2D eigenvalue weighted by molar-refractivity contribution is 6.01. The molecule has 8 heteroatoms. The number of hydrogen-bond donors (Lipinski definition) is 1. The zero-order valence-corrected chi connectivity index (χ0v) is 18.6. The lowest BCUT2D eigenvalue weighted by atomic mass is 9.75. The molecule has 1 aliphatic carbocycles. The second-order valence-corrected chi connectivity index (χ2v) is 7.74. The van der Waals surface area contributed by atoms with E-state index < -0.39 is 5.92 Å². The molecule has 2 aromatic rings. The van der Waals surface area contributed by atoms with Gasteiger partial charge in [0.05, 0.1) is 38.9 Å². The lowest BCUT2D eigenvalue weighted by Crippen LogP contribution is -2.38. The van der Waals surface area contributed by atoms with Gasteiger partial charge in [-0.2, -0.15) is 5.26 Å². The van der Waals surface area contributed by atoms with Crippen molar-refractivity contribution in [2.45, 2.75) is 25.2 Å². The van der Waals surface area contributed by atoms with Crippen LogP contribution in [0.4, 0.5) is 10.1 Å². The molecule has 0 amide bonds. The molecule has 1 heterocycles. The normalized spacial score (nSPS) is 18.1. The van der Waals surface area contributed by atoms with Gasteiger partial charge in [-0.05, 0) is 43.2 Å². The van der Waals surface area contributed by atoms with Crippen LogP contribution in [0.1, 0.15) is 30.7 Å². The molecule has 170 valence electrons. The third-order valence-electron chi connectivity index (χ3n) is 6.05. The molecule has 1 aliphatic heterocycles. The van der Waals surface area contributed by atoms with Crippen LogP contribution < -0.4 is 24.8 Å². The number of nitrogens with two attached hydrogens (primary N) is 1. The smallest absolute Gasteiger partial charge is 0.164 e. The highest BCUT2D eigenvalue weighted by Crippen LogP contribution is 2.50. The molecule has 1 atom stereocenters. The standard InChI is InChI=1S/C25H24FN3O4/c1-31-20-12-22(33-3)21(32-2)11-16(20)23-17(13-27)25(28)29(15-9-7-14(26)8-10-15)18-5-4-6-19(30)24(18)23/h7-12,23H,4-6,28H2,1-3H3/t23-/m1/s1. The summed E-state index contributed by atoms with van der Waals surface area (Å²) < 4.78 is 30.0. The van der Waals surface area contributed by atoms with E-state index in [4.69, 9.17) is 19.9 Å². The van der Waals surface area contributed by atoms with Crippen molar-refractivity contribution in [3.8, 4) is 23.3 Å². The Morgan fingerprint density at radius 3 is 2.27 bits per heavy atom. The predicted octanol–water partition coefficient (Wildman–Crippen LogP) is 4.16. The Balaban J connectivity index is 2.00. The summed E-state index contributed by atoms with van der Waals surface area (Å²) in [6.45, 7) is 0. The molecule has 7 nitrogen and oxygen atoms in total. The first-order chi connectivity index (χ1) is 15.9. The lowest BCUT2D eigenvalue weighted by Gasteiger charge is -2.40. The van der Waals surface area contributed by atoms with Gasteiger partial charge in [0, 0.05) is 35.0 Å². The maximum atomic E-state index is 13.6. The fourth-order valence-corrected chi connectivity index (χ4v) is 4.56. The molecule has 0 saturated carbocycles. The quantitative estimate of drug-likeness (QED) is 0.732. The number of Topliss-reactive ketones (excluding diaryl/α,β-unsaturated/α-hetero) is 1. The van der Waals surface area contributed by atoms with Gasteiger partial charge in [0.25, 0.3) is 0 Å². The summed E-state index contributed by atoms with van der Waals surface area (Å²) in [5.41, 5.74) is 9.11. The minimum atomic E-state index is -0.732. The molecule has 0 aromatic heterocycles. The molecular weight excluding hydrogens is 425 g/mol. The first-order valence-corrected chi connectivity index (χ1v) is 10.5. The number of halogens is 1. The molecule has 2 aliphatic rings. The van der Waals surface area contributed by atoms with Crippen LogP contribution in [-0.2, 0) is 4.79 Å². The van der Waals surface area contributed by atoms with Crippen LogP contribution in [-0.4, -0.2) is 27.1 Å². The number of ketones is 1. The van der Waals surface area contributed by atoms with Crippen LogP contribution in [0.25, 0.3) is 0 Å². The number of nitrogens with zero attached hydrogens (tertiary/aromatic N) is 2. The van der Waals surface area contributed by atoms with Crippen molar-refractivity contribution in [2.24, 2.45) is 5.73 Å². The zero-order valence-electron chi connectivity index (χ0n) is 18.6. The summed E-state index contributed by atoms with van der Waals surface area (Å²) in [4.78, 5) is 15.0. The Morgan fingerprint density at radius 2 is 1.67 bits per heavy atom. The van der Waals surface area contributed by atoms with Crippen LogP contribution in [0.15, 0.2) is 59.1 Å². The summed E-state index contributed by atoms with van der Waals surface area (Å²) in [5.74, 6) is 0.352. The highest BCUT2D eigenvalue weighted by Gasteiger charge is 2.41. The largest absolute Gasteiger partial charge is 0.496 e. The fourth-order valence-electron chi connectivity index (χ4n) is 4.56. The number of rotatable bonds is 5. The number of carbonyl (C=O) groups is 1. The van der Waals surface area contributed by atoms with Crippen molar-refractivity contribution in [3.63, 3.8) is 0 Å². The van der Waals surface area contributed by atoms with Gasteiger partial charge in [-0.25, -0.2) is 4.39 Å². The van der Waals surface area contributed by atoms with E-state index in [0.717, 1.165) is 0 Å². The predicted molar refractivity (Wildman–Crippen MR) is 120 cm³/mol. The van der Waals surface area contributed by atoms with E-state index >= 15 is 0 Å². The Bertz CT molecular complexity index is 1210. The van der Waals surface area contributed by atoms with Gasteiger partial charge < -0.3 is 19.9 Å². The van der Waals surface area contributed by atoms with E-state index in [1.54, 1.807) is 29.2 Å². The minimum absolute atomic E-state index is 0.0644. The van der Waals surface area contributed by atoms with Crippen LogP contribution in [0.3, 0.4) is 0 Å². The topological polar surface area (TPSA) is 97.8 Å². The van der Waals surface area contributed by atoms with Crippen LogP contribution in [0.5, 0.6) is 17.2 Å². The molecule has 0 unspecified atom stereocenters. The number of benzene rings is 2. The van der Waals surface area contributed by atoms with E-state index in [9.17, 15) is 14.4 Å². The van der Waals surface area contributed by atoms with E-state index in [-0.39, 0.29) is 23.0 Å². The summed E-state index contributed by atoms with van der Waals surface area (Å²) in [5, 5.41) is 10.2. The maximum absolute atomic E-state index is 13.6. The Hall–Kier alpha value is -3.99. The summed E-state index contributed by atoms with van der Waals surface area (Å²) >= 11 is 0. The van der Waals surface area contributed by atoms with E-state index in [2.05, 4.69) is 6.07 Å². The lowest BCUT2D eigenvalue weighted by molar-refractivity contribution is -0.116. The fraction of sp³-hybridized carbons (Fsp3) is 0.280. The Labute approximate surface area is 191 Å². The van der Waals surface area contributed by atoms with Crippen molar-refractivity contribution in [2.75, 3.05) is 26.2 Å². The maximum Gasteiger partial charge on any atom is 0.164 e. The van der Waals surface area contributed by atoms with Gasteiger partial charge in [0.15, 0.2) is 17.3 Å². The zero-order chi connectivity index (χ0) is 23.7. The highest BCUT2D eigenvalue weighted by atomic mass is 19.1. The summed E-state index contributed by atoms with van der Waals surface area (Å²) in [6.07, 6.45) is 1.60. The number of nitriles is 1. The average Bonchev–Trinajstić information content (AvgIpc) is 2.83. The van der Waals surface area contributed by atoms with Crippen LogP contribution >= 0.6 is 0 Å². The van der Waals surface area contributed by atoms with Gasteiger partial charge >= 0.3 is 0 Å². The van der Waals surface area contributed by atoms with Crippen molar-refractivity contribution in [1.29, 1.82) is 5.26 Å². The molecule has 0 spiro atoms. The average molecular weight is 449 g/mol. The van der Waals surface area contributed by atoms with Crippen molar-refractivity contribution in [3.05, 3.63) is 70.4 Å². The second kappa shape index (κ2) is 8.87. The Kier molecular flexibility index (Phi) is 5.97. The van der Waals surface area contributed by atoms with E-state index in [1.807, 2.05) is 0 Å². The number of ether oxygens (including phenoxy) is 3. The molecule has 0 bridgehead atoms. The molecule has 0 saturated heterocycles. The van der Waals surface area contributed by atoms with Crippen LogP contribution in [0.2, 0.25) is 0 Å². The van der Waals surface area contributed by atoms with E-state index in [1.165, 1.54) is 33.5 Å². The Morgan fingerprint density at radius 1 is 1.03 bits per heavy atom. The van der Waals surface area contributed by atoms with Gasteiger partial charge in [0.2, 0.25) is 0 Å². The molecule has 2 N–H and O–H groups in total. The molecule has 0 fully saturated rings. The number of methoxy groups -OCH3 is 3. The molecule has 33 heavy (non-hydrogen) atoms. The van der Waals surface area contributed by atoms with Crippen molar-refractivity contribution in [1.82, 2.24) is 0 Å². The number of anilines is 1. The number of allylic oxidation sites excluding steroid dienone is 3.